The van der Waals surface area contributed by atoms with Gasteiger partial charge in [-0.25, -0.2) is 0 Å². The second-order valence-corrected chi connectivity index (χ2v) is 5.11. The number of hydrogen-bond donors (Lipinski definition) is 1. The lowest BCUT2D eigenvalue weighted by Crippen LogP contribution is -2.06. The summed E-state index contributed by atoms with van der Waals surface area (Å²) in [6.45, 7) is 0. The van der Waals surface area contributed by atoms with Gasteiger partial charge in [0.05, 0.1) is 22.5 Å². The highest BCUT2D eigenvalue weighted by atomic mass is 35.5. The minimum atomic E-state index is -4.46. The van der Waals surface area contributed by atoms with Crippen LogP contribution >= 0.6 is 11.6 Å². The SMILES string of the molecule is O=C1Nc2cc(Cl)ccc2/C1=C\c1cc(C(F)(F)F)ccn1. The molecule has 3 rings (SSSR count). The van der Waals surface area contributed by atoms with Crippen molar-refractivity contribution in [1.29, 1.82) is 0 Å². The van der Waals surface area contributed by atoms with Crippen molar-refractivity contribution in [3.05, 3.63) is 58.4 Å². The molecule has 1 aliphatic rings. The molecule has 1 aromatic heterocycles. The highest BCUT2D eigenvalue weighted by Gasteiger charge is 2.31. The number of rotatable bonds is 1. The summed E-state index contributed by atoms with van der Waals surface area (Å²) in [4.78, 5) is 15.8. The average Bonchev–Trinajstić information content (AvgIpc) is 2.74. The van der Waals surface area contributed by atoms with Gasteiger partial charge in [0.2, 0.25) is 0 Å². The first-order valence-electron chi connectivity index (χ1n) is 6.21. The van der Waals surface area contributed by atoms with Crippen molar-refractivity contribution in [2.75, 3.05) is 5.32 Å². The maximum atomic E-state index is 12.7. The molecule has 1 N–H and O–H groups in total. The number of alkyl halides is 3. The Morgan fingerprint density at radius 2 is 1.95 bits per heavy atom. The molecule has 0 bridgehead atoms. The van der Waals surface area contributed by atoms with Gasteiger partial charge >= 0.3 is 6.18 Å². The molecule has 22 heavy (non-hydrogen) atoms. The lowest BCUT2D eigenvalue weighted by Gasteiger charge is -2.06. The molecule has 0 aliphatic carbocycles. The van der Waals surface area contributed by atoms with Gasteiger partial charge in [-0.15, -0.1) is 0 Å². The molecule has 1 amide bonds. The number of aromatic nitrogens is 1. The van der Waals surface area contributed by atoms with Crippen LogP contribution in [0.3, 0.4) is 0 Å². The quantitative estimate of drug-likeness (QED) is 0.797. The van der Waals surface area contributed by atoms with E-state index in [-0.39, 0.29) is 11.3 Å². The number of amides is 1. The van der Waals surface area contributed by atoms with E-state index in [1.165, 1.54) is 6.08 Å². The third kappa shape index (κ3) is 2.69. The van der Waals surface area contributed by atoms with Gasteiger partial charge in [0, 0.05) is 16.8 Å². The van der Waals surface area contributed by atoms with Crippen molar-refractivity contribution in [1.82, 2.24) is 4.98 Å². The van der Waals surface area contributed by atoms with Crippen molar-refractivity contribution in [2.45, 2.75) is 6.18 Å². The number of nitrogens with zero attached hydrogens (tertiary/aromatic N) is 1. The number of carbonyl (C=O) groups is 1. The molecule has 0 radical (unpaired) electrons. The normalized spacial score (nSPS) is 15.8. The van der Waals surface area contributed by atoms with Gasteiger partial charge in [0.25, 0.3) is 5.91 Å². The number of carbonyl (C=O) groups excluding carboxylic acids is 1. The molecule has 0 unspecified atom stereocenters. The average molecular weight is 325 g/mol. The first-order valence-corrected chi connectivity index (χ1v) is 6.58. The Hall–Kier alpha value is -2.34. The van der Waals surface area contributed by atoms with Crippen LogP contribution < -0.4 is 5.32 Å². The van der Waals surface area contributed by atoms with Crippen LogP contribution in [0.4, 0.5) is 18.9 Å². The Kier molecular flexibility index (Phi) is 3.41. The van der Waals surface area contributed by atoms with Crippen LogP contribution in [0.1, 0.15) is 16.8 Å². The molecule has 2 aromatic rings. The summed E-state index contributed by atoms with van der Waals surface area (Å²) in [7, 11) is 0. The van der Waals surface area contributed by atoms with Gasteiger partial charge in [-0.2, -0.15) is 13.2 Å². The number of fused-ring (bicyclic) bond motifs is 1. The highest BCUT2D eigenvalue weighted by molar-refractivity contribution is 6.36. The van der Waals surface area contributed by atoms with E-state index in [0.29, 0.717) is 16.3 Å². The molecule has 112 valence electrons. The topological polar surface area (TPSA) is 42.0 Å². The maximum absolute atomic E-state index is 12.7. The van der Waals surface area contributed by atoms with E-state index < -0.39 is 17.6 Å². The van der Waals surface area contributed by atoms with Crippen molar-refractivity contribution in [3.8, 4) is 0 Å². The van der Waals surface area contributed by atoms with Crippen LogP contribution in [-0.4, -0.2) is 10.9 Å². The van der Waals surface area contributed by atoms with E-state index >= 15 is 0 Å². The third-order valence-corrected chi connectivity index (χ3v) is 3.40. The smallest absolute Gasteiger partial charge is 0.321 e. The van der Waals surface area contributed by atoms with Gasteiger partial charge in [0.15, 0.2) is 0 Å². The van der Waals surface area contributed by atoms with Crippen LogP contribution in [0.15, 0.2) is 36.5 Å². The van der Waals surface area contributed by atoms with E-state index in [0.717, 1.165) is 18.3 Å². The second kappa shape index (κ2) is 5.14. The predicted molar refractivity (Wildman–Crippen MR) is 77.2 cm³/mol. The van der Waals surface area contributed by atoms with Crippen LogP contribution in [0.5, 0.6) is 0 Å². The van der Waals surface area contributed by atoms with Crippen LogP contribution in [0.2, 0.25) is 5.02 Å². The molecule has 0 fully saturated rings. The monoisotopic (exact) mass is 324 g/mol. The van der Waals surface area contributed by atoms with E-state index in [2.05, 4.69) is 10.3 Å². The summed E-state index contributed by atoms with van der Waals surface area (Å²) in [5, 5.41) is 3.07. The Morgan fingerprint density at radius 1 is 1.18 bits per heavy atom. The standard InChI is InChI=1S/C15H8ClF3N2O/c16-9-1-2-11-12(14(22)21-13(11)6-9)7-10-5-8(3-4-20-10)15(17,18)19/h1-7H,(H,21,22)/b12-7+. The number of anilines is 1. The van der Waals surface area contributed by atoms with Crippen molar-refractivity contribution in [3.63, 3.8) is 0 Å². The second-order valence-electron chi connectivity index (χ2n) is 4.67. The lowest BCUT2D eigenvalue weighted by atomic mass is 10.1. The highest BCUT2D eigenvalue weighted by Crippen LogP contribution is 2.35. The molecular formula is C15H8ClF3N2O. The van der Waals surface area contributed by atoms with Gasteiger partial charge in [0.1, 0.15) is 0 Å². The van der Waals surface area contributed by atoms with Crippen LogP contribution in [0.25, 0.3) is 11.6 Å². The molecular weight excluding hydrogens is 317 g/mol. The summed E-state index contributed by atoms with van der Waals surface area (Å²) in [6, 6.07) is 6.59. The van der Waals surface area contributed by atoms with E-state index in [9.17, 15) is 18.0 Å². The fourth-order valence-electron chi connectivity index (χ4n) is 2.16. The maximum Gasteiger partial charge on any atom is 0.416 e. The zero-order valence-electron chi connectivity index (χ0n) is 10.9. The molecule has 2 heterocycles. The summed E-state index contributed by atoms with van der Waals surface area (Å²) in [5.41, 5.74) is 0.592. The van der Waals surface area contributed by atoms with E-state index in [4.69, 9.17) is 11.6 Å². The molecule has 0 saturated carbocycles. The first kappa shape index (κ1) is 14.6. The summed E-state index contributed by atoms with van der Waals surface area (Å²) < 4.78 is 38.1. The third-order valence-electron chi connectivity index (χ3n) is 3.17. The van der Waals surface area contributed by atoms with Gasteiger partial charge < -0.3 is 5.32 Å². The first-order chi connectivity index (χ1) is 10.3. The van der Waals surface area contributed by atoms with Crippen molar-refractivity contribution < 1.29 is 18.0 Å². The zero-order chi connectivity index (χ0) is 15.9. The molecule has 7 heteroatoms. The molecule has 1 aliphatic heterocycles. The molecule has 1 aromatic carbocycles. The van der Waals surface area contributed by atoms with Gasteiger partial charge in [-0.1, -0.05) is 17.7 Å². The Balaban J connectivity index is 2.05. The van der Waals surface area contributed by atoms with Crippen molar-refractivity contribution in [2.24, 2.45) is 0 Å². The lowest BCUT2D eigenvalue weighted by molar-refractivity contribution is -0.137. The van der Waals surface area contributed by atoms with E-state index in [1.807, 2.05) is 0 Å². The number of pyridine rings is 1. The fraction of sp³-hybridized carbons (Fsp3) is 0.0667. The molecule has 0 atom stereocenters. The van der Waals surface area contributed by atoms with Crippen molar-refractivity contribution >= 4 is 34.8 Å². The summed E-state index contributed by atoms with van der Waals surface area (Å²) in [6.07, 6.45) is -2.07. The number of nitrogens with one attached hydrogen (secondary N) is 1. The number of benzene rings is 1. The van der Waals surface area contributed by atoms with Gasteiger partial charge in [-0.3, -0.25) is 9.78 Å². The fourth-order valence-corrected chi connectivity index (χ4v) is 2.33. The number of halogens is 4. The largest absolute Gasteiger partial charge is 0.416 e. The molecule has 0 spiro atoms. The minimum absolute atomic E-state index is 0.0581. The molecule has 0 saturated heterocycles. The van der Waals surface area contributed by atoms with Crippen LogP contribution in [-0.2, 0) is 11.0 Å². The van der Waals surface area contributed by atoms with Crippen LogP contribution in [0, 0.1) is 0 Å². The van der Waals surface area contributed by atoms with Gasteiger partial charge in [-0.05, 0) is 30.3 Å². The zero-order valence-corrected chi connectivity index (χ0v) is 11.7. The number of hydrogen-bond acceptors (Lipinski definition) is 2. The Labute approximate surface area is 128 Å². The Morgan fingerprint density at radius 3 is 2.68 bits per heavy atom. The summed E-state index contributed by atoms with van der Waals surface area (Å²) in [5.74, 6) is -0.406. The molecule has 3 nitrogen and oxygen atoms in total. The van der Waals surface area contributed by atoms with E-state index in [1.54, 1.807) is 18.2 Å². The Bertz CT molecular complexity index is 800. The predicted octanol–water partition coefficient (Wildman–Crippen LogP) is 4.25. The minimum Gasteiger partial charge on any atom is -0.321 e. The summed E-state index contributed by atoms with van der Waals surface area (Å²) >= 11 is 5.84.